The fourth-order valence-corrected chi connectivity index (χ4v) is 2.67. The van der Waals surface area contributed by atoms with Gasteiger partial charge in [0.2, 0.25) is 0 Å². The van der Waals surface area contributed by atoms with E-state index in [1.54, 1.807) is 6.07 Å². The van der Waals surface area contributed by atoms with Crippen molar-refractivity contribution in [2.75, 3.05) is 13.2 Å². The average molecular weight is 307 g/mol. The summed E-state index contributed by atoms with van der Waals surface area (Å²) in [6, 6.07) is 5.26. The summed E-state index contributed by atoms with van der Waals surface area (Å²) in [5, 5.41) is 0. The maximum atomic E-state index is 13.7. The van der Waals surface area contributed by atoms with Crippen molar-refractivity contribution in [2.24, 2.45) is 0 Å². The lowest BCUT2D eigenvalue weighted by atomic mass is 10.1. The minimum Gasteiger partial charge on any atom is -0.464 e. The number of hydrogen-bond donors (Lipinski definition) is 0. The molecule has 1 aromatic carbocycles. The van der Waals surface area contributed by atoms with Crippen LogP contribution in [0.15, 0.2) is 24.3 Å². The third kappa shape index (κ3) is 3.84. The first-order valence-corrected chi connectivity index (χ1v) is 7.87. The maximum Gasteiger partial charge on any atom is 0.328 e. The Labute approximate surface area is 130 Å². The summed E-state index contributed by atoms with van der Waals surface area (Å²) in [6.07, 6.45) is 4.20. The first-order chi connectivity index (χ1) is 10.6. The summed E-state index contributed by atoms with van der Waals surface area (Å²) in [6.45, 7) is 2.92. The summed E-state index contributed by atoms with van der Waals surface area (Å²) in [7, 11) is 0. The standard InChI is InChI=1S/C17H22FNO3/c1-2-3-6-12-22-17(21)15-10-7-11-19(15)16(20)13-8-4-5-9-14(13)18/h4-5,8-9,15H,2-3,6-7,10-12H2,1H3. The van der Waals surface area contributed by atoms with Crippen LogP contribution in [0.2, 0.25) is 0 Å². The zero-order valence-electron chi connectivity index (χ0n) is 12.9. The number of halogens is 1. The number of nitrogens with zero attached hydrogens (tertiary/aromatic N) is 1. The molecule has 0 aromatic heterocycles. The minimum absolute atomic E-state index is 0.00758. The number of hydrogen-bond acceptors (Lipinski definition) is 3. The highest BCUT2D eigenvalue weighted by molar-refractivity contribution is 5.97. The Morgan fingerprint density at radius 2 is 2.09 bits per heavy atom. The smallest absolute Gasteiger partial charge is 0.328 e. The first kappa shape index (κ1) is 16.5. The number of esters is 1. The quantitative estimate of drug-likeness (QED) is 0.599. The molecule has 1 aromatic rings. The Hall–Kier alpha value is -1.91. The third-order valence-electron chi connectivity index (χ3n) is 3.88. The molecule has 22 heavy (non-hydrogen) atoms. The van der Waals surface area contributed by atoms with Gasteiger partial charge in [0.1, 0.15) is 11.9 Å². The van der Waals surface area contributed by atoms with Crippen LogP contribution >= 0.6 is 0 Å². The fourth-order valence-electron chi connectivity index (χ4n) is 2.67. The monoisotopic (exact) mass is 307 g/mol. The zero-order chi connectivity index (χ0) is 15.9. The van der Waals surface area contributed by atoms with Crippen molar-refractivity contribution in [3.8, 4) is 0 Å². The summed E-state index contributed by atoms with van der Waals surface area (Å²) in [5.41, 5.74) is 0.00758. The molecule has 0 N–H and O–H groups in total. The van der Waals surface area contributed by atoms with Gasteiger partial charge in [0.25, 0.3) is 5.91 Å². The molecule has 1 unspecified atom stereocenters. The molecule has 1 heterocycles. The van der Waals surface area contributed by atoms with Crippen LogP contribution in [-0.4, -0.2) is 36.0 Å². The van der Waals surface area contributed by atoms with Crippen molar-refractivity contribution in [1.82, 2.24) is 4.90 Å². The predicted octanol–water partition coefficient (Wildman–Crippen LogP) is 3.16. The molecule has 0 aliphatic carbocycles. The molecule has 1 aliphatic rings. The van der Waals surface area contributed by atoms with E-state index in [4.69, 9.17) is 4.74 Å². The highest BCUT2D eigenvalue weighted by Gasteiger charge is 2.36. The second-order valence-corrected chi connectivity index (χ2v) is 5.51. The van der Waals surface area contributed by atoms with Gasteiger partial charge >= 0.3 is 5.97 Å². The van der Waals surface area contributed by atoms with Crippen molar-refractivity contribution < 1.29 is 18.7 Å². The lowest BCUT2D eigenvalue weighted by Gasteiger charge is -2.23. The molecule has 1 amide bonds. The summed E-state index contributed by atoms with van der Waals surface area (Å²) in [4.78, 5) is 26.0. The van der Waals surface area contributed by atoms with Crippen molar-refractivity contribution in [3.05, 3.63) is 35.6 Å². The largest absolute Gasteiger partial charge is 0.464 e. The average Bonchev–Trinajstić information content (AvgIpc) is 3.01. The minimum atomic E-state index is -0.589. The molecule has 120 valence electrons. The van der Waals surface area contributed by atoms with Gasteiger partial charge in [-0.15, -0.1) is 0 Å². The number of rotatable bonds is 6. The maximum absolute atomic E-state index is 13.7. The Bertz CT molecular complexity index is 532. The number of ether oxygens (including phenoxy) is 1. The van der Waals surface area contributed by atoms with E-state index < -0.39 is 17.8 Å². The van der Waals surface area contributed by atoms with Gasteiger partial charge in [0.05, 0.1) is 12.2 Å². The highest BCUT2D eigenvalue weighted by Crippen LogP contribution is 2.22. The molecule has 1 atom stereocenters. The molecule has 0 saturated carbocycles. The Morgan fingerprint density at radius 1 is 1.32 bits per heavy atom. The molecule has 1 fully saturated rings. The lowest BCUT2D eigenvalue weighted by Crippen LogP contribution is -2.41. The van der Waals surface area contributed by atoms with Crippen LogP contribution < -0.4 is 0 Å². The van der Waals surface area contributed by atoms with Crippen molar-refractivity contribution in [2.45, 2.75) is 45.1 Å². The van der Waals surface area contributed by atoms with Gasteiger partial charge < -0.3 is 9.64 Å². The molecule has 2 rings (SSSR count). The van der Waals surface area contributed by atoms with Crippen LogP contribution in [0.3, 0.4) is 0 Å². The highest BCUT2D eigenvalue weighted by atomic mass is 19.1. The molecule has 0 spiro atoms. The third-order valence-corrected chi connectivity index (χ3v) is 3.88. The number of likely N-dealkylation sites (tertiary alicyclic amines) is 1. The van der Waals surface area contributed by atoms with E-state index in [2.05, 4.69) is 6.92 Å². The van der Waals surface area contributed by atoms with Gasteiger partial charge in [0, 0.05) is 6.54 Å². The molecular weight excluding hydrogens is 285 g/mol. The van der Waals surface area contributed by atoms with Gasteiger partial charge in [-0.05, 0) is 31.4 Å². The van der Waals surface area contributed by atoms with Crippen LogP contribution in [0, 0.1) is 5.82 Å². The second kappa shape index (κ2) is 7.92. The van der Waals surface area contributed by atoms with E-state index in [0.717, 1.165) is 25.7 Å². The van der Waals surface area contributed by atoms with Gasteiger partial charge in [-0.2, -0.15) is 0 Å². The summed E-state index contributed by atoms with van der Waals surface area (Å²) < 4.78 is 19.0. The number of unbranched alkanes of at least 4 members (excludes halogenated alkanes) is 2. The van der Waals surface area contributed by atoms with Crippen molar-refractivity contribution in [3.63, 3.8) is 0 Å². The molecule has 0 radical (unpaired) electrons. The zero-order valence-corrected chi connectivity index (χ0v) is 12.9. The normalized spacial score (nSPS) is 17.5. The Morgan fingerprint density at radius 3 is 2.82 bits per heavy atom. The van der Waals surface area contributed by atoms with Gasteiger partial charge in [0.15, 0.2) is 0 Å². The van der Waals surface area contributed by atoms with Gasteiger partial charge in [-0.3, -0.25) is 4.79 Å². The lowest BCUT2D eigenvalue weighted by molar-refractivity contribution is -0.148. The van der Waals surface area contributed by atoms with Crippen LogP contribution in [0.25, 0.3) is 0 Å². The van der Waals surface area contributed by atoms with Crippen LogP contribution in [0.4, 0.5) is 4.39 Å². The SMILES string of the molecule is CCCCCOC(=O)C1CCCN1C(=O)c1ccccc1F. The molecule has 1 aliphatic heterocycles. The van der Waals surface area contributed by atoms with Crippen molar-refractivity contribution >= 4 is 11.9 Å². The van der Waals surface area contributed by atoms with E-state index in [9.17, 15) is 14.0 Å². The van der Waals surface area contributed by atoms with Crippen molar-refractivity contribution in [1.29, 1.82) is 0 Å². The van der Waals surface area contributed by atoms with Gasteiger partial charge in [-0.1, -0.05) is 31.9 Å². The number of carbonyl (C=O) groups excluding carboxylic acids is 2. The van der Waals surface area contributed by atoms with E-state index >= 15 is 0 Å². The summed E-state index contributed by atoms with van der Waals surface area (Å²) in [5.74, 6) is -1.38. The number of amides is 1. The van der Waals surface area contributed by atoms with Crippen LogP contribution in [0.5, 0.6) is 0 Å². The van der Waals surface area contributed by atoms with E-state index in [-0.39, 0.29) is 11.5 Å². The second-order valence-electron chi connectivity index (χ2n) is 5.51. The number of carbonyl (C=O) groups is 2. The van der Waals surface area contributed by atoms with E-state index in [1.807, 2.05) is 0 Å². The fraction of sp³-hybridized carbons (Fsp3) is 0.529. The predicted molar refractivity (Wildman–Crippen MR) is 80.9 cm³/mol. The molecule has 4 nitrogen and oxygen atoms in total. The molecule has 5 heteroatoms. The molecule has 0 bridgehead atoms. The van der Waals surface area contributed by atoms with Gasteiger partial charge in [-0.25, -0.2) is 9.18 Å². The first-order valence-electron chi connectivity index (χ1n) is 7.87. The van der Waals surface area contributed by atoms with Crippen LogP contribution in [0.1, 0.15) is 49.4 Å². The molecular formula is C17H22FNO3. The van der Waals surface area contributed by atoms with Crippen LogP contribution in [-0.2, 0) is 9.53 Å². The van der Waals surface area contributed by atoms with E-state index in [0.29, 0.717) is 19.6 Å². The molecule has 1 saturated heterocycles. The Balaban J connectivity index is 1.99. The topological polar surface area (TPSA) is 46.6 Å². The Kier molecular flexibility index (Phi) is 5.92. The summed E-state index contributed by atoms with van der Waals surface area (Å²) >= 11 is 0. The van der Waals surface area contributed by atoms with E-state index in [1.165, 1.54) is 23.1 Å². The number of benzene rings is 1.